The third-order valence-electron chi connectivity index (χ3n) is 12.3. The molecule has 0 aromatic carbocycles. The van der Waals surface area contributed by atoms with Crippen molar-refractivity contribution >= 4 is 11.8 Å². The SMILES string of the molecule is CC[C@H]1OC(=O)[C@H](C)[C@@H](O[C@H]2C[C@](C)(OC)[C@@H](O)[C@@H](C)O2)[C@H](C)[C@@H](O[C@@H]2O[C@@H](C)C[C@@H](N(C)C)[C@@H]2O)[C@](C)(OC)C[C@@H](C)C(=O)[C@H](C)[C@@H](O)[C@]1(C)O. The maximum Gasteiger partial charge on any atom is 0.311 e. The summed E-state index contributed by atoms with van der Waals surface area (Å²) in [4.78, 5) is 30.1. The number of ether oxygens (including phenoxy) is 7. The van der Waals surface area contributed by atoms with E-state index in [9.17, 15) is 30.0 Å². The monoisotopic (exact) mass is 747 g/mol. The Morgan fingerprint density at radius 2 is 1.44 bits per heavy atom. The van der Waals surface area contributed by atoms with Crippen LogP contribution in [0.15, 0.2) is 0 Å². The van der Waals surface area contributed by atoms with E-state index in [1.807, 2.05) is 32.8 Å². The van der Waals surface area contributed by atoms with Crippen LogP contribution in [0.4, 0.5) is 0 Å². The molecular formula is C38H69NO13. The van der Waals surface area contributed by atoms with Crippen molar-refractivity contribution in [2.75, 3.05) is 28.3 Å². The van der Waals surface area contributed by atoms with E-state index < -0.39 is 102 Å². The molecule has 0 radical (unpaired) electrons. The first-order valence-corrected chi connectivity index (χ1v) is 18.9. The molecule has 18 atom stereocenters. The number of aliphatic hydroxyl groups is 4. The molecule has 0 aliphatic carbocycles. The zero-order chi connectivity index (χ0) is 39.7. The van der Waals surface area contributed by atoms with E-state index in [4.69, 9.17) is 33.2 Å². The molecule has 3 aliphatic heterocycles. The van der Waals surface area contributed by atoms with Gasteiger partial charge in [-0.1, -0.05) is 27.7 Å². The van der Waals surface area contributed by atoms with Crippen molar-refractivity contribution in [3.8, 4) is 0 Å². The number of ketones is 1. The Morgan fingerprint density at radius 3 is 1.98 bits per heavy atom. The lowest BCUT2D eigenvalue weighted by Crippen LogP contribution is -2.61. The summed E-state index contributed by atoms with van der Waals surface area (Å²) >= 11 is 0. The lowest BCUT2D eigenvalue weighted by Gasteiger charge is -2.50. The lowest BCUT2D eigenvalue weighted by molar-refractivity contribution is -0.319. The van der Waals surface area contributed by atoms with Crippen molar-refractivity contribution in [2.45, 2.75) is 179 Å². The van der Waals surface area contributed by atoms with Crippen LogP contribution in [0.2, 0.25) is 0 Å². The number of methoxy groups -OCH3 is 2. The Kier molecular flexibility index (Phi) is 15.3. The summed E-state index contributed by atoms with van der Waals surface area (Å²) in [5.41, 5.74) is -4.24. The fraction of sp³-hybridized carbons (Fsp3) is 0.947. The molecule has 4 N–H and O–H groups in total. The second kappa shape index (κ2) is 17.7. The van der Waals surface area contributed by atoms with Crippen molar-refractivity contribution < 1.29 is 63.2 Å². The van der Waals surface area contributed by atoms with Gasteiger partial charge < -0.3 is 58.5 Å². The largest absolute Gasteiger partial charge is 0.459 e. The lowest BCUT2D eigenvalue weighted by atomic mass is 9.74. The second-order valence-corrected chi connectivity index (χ2v) is 16.6. The molecule has 0 spiro atoms. The standard InChI is InChI=1S/C38H69NO13/c1-15-26-38(10,45)31(42)21(4)28(40)19(2)17-37(9,47-14)33(52-35-29(41)25(39(11)12)16-20(3)48-35)22(5)30(23(6)34(44)50-26)51-27-18-36(8,46-13)32(43)24(7)49-27/h19-27,29-33,35,41-43,45H,15-18H2,1-14H3/t19-,20+,21+,22+,23-,24-,25-,26-,27+,29+,30+,31-,32+,33-,35+,36+,37-,38-/m1/s1. The van der Waals surface area contributed by atoms with Gasteiger partial charge in [0.25, 0.3) is 0 Å². The Morgan fingerprint density at radius 1 is 0.846 bits per heavy atom. The molecule has 52 heavy (non-hydrogen) atoms. The molecule has 0 aromatic rings. The second-order valence-electron chi connectivity index (χ2n) is 16.6. The minimum atomic E-state index is -1.96. The van der Waals surface area contributed by atoms with Crippen LogP contribution in [-0.4, -0.2) is 150 Å². The zero-order valence-electron chi connectivity index (χ0n) is 33.9. The number of hydrogen-bond acceptors (Lipinski definition) is 14. The van der Waals surface area contributed by atoms with Crippen molar-refractivity contribution in [2.24, 2.45) is 23.7 Å². The summed E-state index contributed by atoms with van der Waals surface area (Å²) in [7, 11) is 6.77. The summed E-state index contributed by atoms with van der Waals surface area (Å²) in [6, 6.07) is -0.283. The third-order valence-corrected chi connectivity index (χ3v) is 12.3. The molecule has 3 fully saturated rings. The molecule has 304 valence electrons. The van der Waals surface area contributed by atoms with Gasteiger partial charge in [0, 0.05) is 44.4 Å². The molecule has 0 amide bonds. The van der Waals surface area contributed by atoms with Crippen molar-refractivity contribution in [3.63, 3.8) is 0 Å². The molecule has 0 unspecified atom stereocenters. The Balaban J connectivity index is 2.22. The van der Waals surface area contributed by atoms with Crippen molar-refractivity contribution in [3.05, 3.63) is 0 Å². The first kappa shape index (κ1) is 45.1. The maximum atomic E-state index is 14.2. The molecule has 0 bridgehead atoms. The maximum absolute atomic E-state index is 14.2. The number of carbonyl (C=O) groups is 2. The molecule has 3 rings (SSSR count). The highest BCUT2D eigenvalue weighted by molar-refractivity contribution is 5.83. The number of hydrogen-bond donors (Lipinski definition) is 4. The summed E-state index contributed by atoms with van der Waals surface area (Å²) in [5.74, 6) is -4.47. The van der Waals surface area contributed by atoms with E-state index in [0.717, 1.165) is 0 Å². The van der Waals surface area contributed by atoms with Crippen LogP contribution in [0.3, 0.4) is 0 Å². The van der Waals surface area contributed by atoms with E-state index in [1.54, 1.807) is 48.5 Å². The zero-order valence-corrected chi connectivity index (χ0v) is 33.9. The van der Waals surface area contributed by atoms with E-state index in [0.29, 0.717) is 6.42 Å². The van der Waals surface area contributed by atoms with Gasteiger partial charge in [-0.2, -0.15) is 0 Å². The summed E-state index contributed by atoms with van der Waals surface area (Å²) < 4.78 is 43.9. The van der Waals surface area contributed by atoms with Gasteiger partial charge in [-0.15, -0.1) is 0 Å². The number of aliphatic hydroxyl groups excluding tert-OH is 3. The highest BCUT2D eigenvalue weighted by Crippen LogP contribution is 2.41. The molecule has 14 heteroatoms. The highest BCUT2D eigenvalue weighted by atomic mass is 16.7. The number of cyclic esters (lactones) is 1. The highest BCUT2D eigenvalue weighted by Gasteiger charge is 2.54. The summed E-state index contributed by atoms with van der Waals surface area (Å²) in [6.07, 6.45) is -8.73. The van der Waals surface area contributed by atoms with E-state index in [-0.39, 0.29) is 37.2 Å². The molecule has 3 saturated heterocycles. The first-order chi connectivity index (χ1) is 24.0. The molecule has 14 nitrogen and oxygen atoms in total. The Labute approximate surface area is 310 Å². The molecule has 3 aliphatic rings. The normalized spacial score (nSPS) is 49.0. The number of Topliss-reactive ketones (excluding diaryl/α,β-unsaturated/α-hetero) is 1. The molecule has 3 heterocycles. The van der Waals surface area contributed by atoms with Gasteiger partial charge in [0.05, 0.1) is 47.6 Å². The number of carbonyl (C=O) groups excluding carboxylic acids is 2. The Bertz CT molecular complexity index is 1190. The average Bonchev–Trinajstić information content (AvgIpc) is 3.09. The smallest absolute Gasteiger partial charge is 0.311 e. The topological polar surface area (TPSA) is 183 Å². The number of rotatable bonds is 8. The van der Waals surface area contributed by atoms with Gasteiger partial charge in [-0.05, 0) is 74.9 Å². The van der Waals surface area contributed by atoms with E-state index >= 15 is 0 Å². The quantitative estimate of drug-likeness (QED) is 0.266. The van der Waals surface area contributed by atoms with Crippen molar-refractivity contribution in [1.29, 1.82) is 0 Å². The van der Waals surface area contributed by atoms with Gasteiger partial charge in [0.2, 0.25) is 0 Å². The minimum absolute atomic E-state index is 0.111. The van der Waals surface area contributed by atoms with Crippen LogP contribution >= 0.6 is 0 Å². The van der Waals surface area contributed by atoms with E-state index in [1.165, 1.54) is 21.1 Å². The van der Waals surface area contributed by atoms with Gasteiger partial charge >= 0.3 is 5.97 Å². The fourth-order valence-electron chi connectivity index (χ4n) is 8.58. The minimum Gasteiger partial charge on any atom is -0.459 e. The fourth-order valence-corrected chi connectivity index (χ4v) is 8.58. The number of likely N-dealkylation sites (N-methyl/N-ethyl adjacent to an activating group) is 1. The van der Waals surface area contributed by atoms with Crippen LogP contribution in [-0.2, 0) is 42.7 Å². The van der Waals surface area contributed by atoms with Crippen LogP contribution in [0, 0.1) is 23.7 Å². The predicted octanol–water partition coefficient (Wildman–Crippen LogP) is 2.44. The van der Waals surface area contributed by atoms with Crippen molar-refractivity contribution in [1.82, 2.24) is 4.90 Å². The summed E-state index contributed by atoms with van der Waals surface area (Å²) in [6.45, 7) is 17.1. The van der Waals surface area contributed by atoms with Crippen LogP contribution in [0.25, 0.3) is 0 Å². The van der Waals surface area contributed by atoms with Crippen LogP contribution in [0.1, 0.15) is 94.9 Å². The van der Waals surface area contributed by atoms with E-state index in [2.05, 4.69) is 0 Å². The molecule has 0 saturated carbocycles. The Hall–Kier alpha value is -1.30. The van der Waals surface area contributed by atoms with Gasteiger partial charge in [-0.25, -0.2) is 0 Å². The van der Waals surface area contributed by atoms with Gasteiger partial charge in [0.1, 0.15) is 29.7 Å². The predicted molar refractivity (Wildman–Crippen MR) is 191 cm³/mol. The van der Waals surface area contributed by atoms with Gasteiger partial charge in [0.15, 0.2) is 12.6 Å². The number of nitrogens with zero attached hydrogens (tertiary/aromatic N) is 1. The third kappa shape index (κ3) is 9.38. The summed E-state index contributed by atoms with van der Waals surface area (Å²) in [5, 5.41) is 45.6. The van der Waals surface area contributed by atoms with Crippen LogP contribution in [0.5, 0.6) is 0 Å². The molecule has 0 aromatic heterocycles. The average molecular weight is 748 g/mol. The van der Waals surface area contributed by atoms with Crippen LogP contribution < -0.4 is 0 Å². The van der Waals surface area contributed by atoms with Gasteiger partial charge in [-0.3, -0.25) is 9.59 Å². The number of esters is 1. The molecular weight excluding hydrogens is 678 g/mol. The first-order valence-electron chi connectivity index (χ1n) is 18.9.